The Morgan fingerprint density at radius 1 is 0.879 bits per heavy atom. The number of nitrogens with zero attached hydrogens (tertiary/aromatic N) is 1. The Morgan fingerprint density at radius 2 is 1.52 bits per heavy atom. The molecule has 0 atom stereocenters. The summed E-state index contributed by atoms with van der Waals surface area (Å²) in [6.07, 6.45) is 1.37. The number of carbonyl (C=O) groups is 2. The fourth-order valence-corrected chi connectivity index (χ4v) is 4.30. The van der Waals surface area contributed by atoms with Crippen molar-refractivity contribution in [3.05, 3.63) is 65.7 Å². The van der Waals surface area contributed by atoms with Gasteiger partial charge < -0.3 is 24.4 Å². The van der Waals surface area contributed by atoms with E-state index in [1.807, 2.05) is 42.5 Å². The fraction of sp³-hybridized carbons (Fsp3) is 0.308. The molecule has 172 valence electrons. The molecule has 33 heavy (non-hydrogen) atoms. The number of carbonyl (C=O) groups excluding carboxylic acids is 2. The molecule has 1 heterocycles. The number of piperidine rings is 1. The lowest BCUT2D eigenvalue weighted by molar-refractivity contribution is 0.0697. The lowest BCUT2D eigenvalue weighted by Crippen LogP contribution is -2.46. The van der Waals surface area contributed by atoms with Crippen LogP contribution in [0.3, 0.4) is 0 Å². The van der Waals surface area contributed by atoms with Gasteiger partial charge in [-0.1, -0.05) is 36.4 Å². The van der Waals surface area contributed by atoms with Crippen LogP contribution >= 0.6 is 0 Å². The van der Waals surface area contributed by atoms with E-state index in [1.165, 1.54) is 21.3 Å². The van der Waals surface area contributed by atoms with E-state index in [1.54, 1.807) is 17.0 Å². The predicted octanol–water partition coefficient (Wildman–Crippen LogP) is 3.90. The average Bonchev–Trinajstić information content (AvgIpc) is 2.87. The van der Waals surface area contributed by atoms with Gasteiger partial charge in [0.2, 0.25) is 5.75 Å². The van der Waals surface area contributed by atoms with Gasteiger partial charge in [0.25, 0.3) is 11.8 Å². The van der Waals surface area contributed by atoms with Gasteiger partial charge in [-0.2, -0.15) is 0 Å². The molecule has 0 aromatic heterocycles. The highest BCUT2D eigenvalue weighted by Crippen LogP contribution is 2.38. The molecule has 0 bridgehead atoms. The minimum absolute atomic E-state index is 0.0143. The van der Waals surface area contributed by atoms with Gasteiger partial charge in [0.15, 0.2) is 11.5 Å². The molecule has 1 aliphatic heterocycles. The van der Waals surface area contributed by atoms with E-state index in [-0.39, 0.29) is 17.9 Å². The van der Waals surface area contributed by atoms with Crippen LogP contribution in [0.1, 0.15) is 33.6 Å². The number of hydrogen-bond acceptors (Lipinski definition) is 5. The molecule has 0 spiro atoms. The van der Waals surface area contributed by atoms with Crippen molar-refractivity contribution >= 4 is 22.6 Å². The highest BCUT2D eigenvalue weighted by Gasteiger charge is 2.27. The molecule has 1 fully saturated rings. The second-order valence-corrected chi connectivity index (χ2v) is 7.98. The Labute approximate surface area is 193 Å². The van der Waals surface area contributed by atoms with Gasteiger partial charge in [-0.25, -0.2) is 0 Å². The number of methoxy groups -OCH3 is 3. The Morgan fingerprint density at radius 3 is 2.15 bits per heavy atom. The van der Waals surface area contributed by atoms with E-state index in [4.69, 9.17) is 14.2 Å². The molecule has 0 aliphatic carbocycles. The molecule has 3 aromatic rings. The van der Waals surface area contributed by atoms with Gasteiger partial charge in [-0.15, -0.1) is 0 Å². The third-order valence-electron chi connectivity index (χ3n) is 6.06. The largest absolute Gasteiger partial charge is 0.493 e. The summed E-state index contributed by atoms with van der Waals surface area (Å²) in [5.41, 5.74) is 1.15. The molecule has 4 rings (SSSR count). The van der Waals surface area contributed by atoms with Crippen LogP contribution in [0.4, 0.5) is 0 Å². The lowest BCUT2D eigenvalue weighted by atomic mass is 10.0. The van der Waals surface area contributed by atoms with Gasteiger partial charge in [-0.05, 0) is 41.8 Å². The highest BCUT2D eigenvalue weighted by molar-refractivity contribution is 6.07. The lowest BCUT2D eigenvalue weighted by Gasteiger charge is -2.32. The van der Waals surface area contributed by atoms with Crippen molar-refractivity contribution in [1.82, 2.24) is 10.2 Å². The average molecular weight is 449 g/mol. The second kappa shape index (κ2) is 9.81. The van der Waals surface area contributed by atoms with Crippen LogP contribution < -0.4 is 19.5 Å². The summed E-state index contributed by atoms with van der Waals surface area (Å²) >= 11 is 0. The van der Waals surface area contributed by atoms with Crippen molar-refractivity contribution in [3.8, 4) is 17.2 Å². The first-order valence-electron chi connectivity index (χ1n) is 10.9. The summed E-state index contributed by atoms with van der Waals surface area (Å²) in [5, 5.41) is 5.12. The third kappa shape index (κ3) is 4.58. The van der Waals surface area contributed by atoms with Crippen molar-refractivity contribution < 1.29 is 23.8 Å². The zero-order chi connectivity index (χ0) is 23.4. The quantitative estimate of drug-likeness (QED) is 0.619. The van der Waals surface area contributed by atoms with Gasteiger partial charge in [0, 0.05) is 30.3 Å². The minimum Gasteiger partial charge on any atom is -0.493 e. The Balaban J connectivity index is 1.42. The first-order chi connectivity index (χ1) is 16.0. The Bertz CT molecular complexity index is 1140. The van der Waals surface area contributed by atoms with Gasteiger partial charge in [0.1, 0.15) is 0 Å². The van der Waals surface area contributed by atoms with Crippen LogP contribution in [0.15, 0.2) is 54.6 Å². The summed E-state index contributed by atoms with van der Waals surface area (Å²) in [6.45, 7) is 1.10. The van der Waals surface area contributed by atoms with E-state index in [0.717, 1.165) is 10.8 Å². The predicted molar refractivity (Wildman–Crippen MR) is 126 cm³/mol. The van der Waals surface area contributed by atoms with E-state index in [9.17, 15) is 9.59 Å². The van der Waals surface area contributed by atoms with E-state index in [2.05, 4.69) is 5.32 Å². The molecule has 3 aromatic carbocycles. The van der Waals surface area contributed by atoms with Crippen LogP contribution in [-0.4, -0.2) is 57.2 Å². The van der Waals surface area contributed by atoms with E-state index < -0.39 is 0 Å². The molecule has 0 radical (unpaired) electrons. The molecule has 1 aliphatic rings. The SMILES string of the molecule is COc1cc(C(=O)N2CCC(NC(=O)c3cccc4ccccc34)CC2)cc(OC)c1OC. The molecule has 1 saturated heterocycles. The number of rotatable bonds is 6. The van der Waals surface area contributed by atoms with Gasteiger partial charge in [0.05, 0.1) is 21.3 Å². The number of benzene rings is 3. The van der Waals surface area contributed by atoms with Crippen LogP contribution in [-0.2, 0) is 0 Å². The Kier molecular flexibility index (Phi) is 6.68. The van der Waals surface area contributed by atoms with E-state index >= 15 is 0 Å². The first-order valence-corrected chi connectivity index (χ1v) is 10.9. The van der Waals surface area contributed by atoms with Crippen LogP contribution in [0.5, 0.6) is 17.2 Å². The van der Waals surface area contributed by atoms with Crippen molar-refractivity contribution in [2.45, 2.75) is 18.9 Å². The zero-order valence-electron chi connectivity index (χ0n) is 19.1. The van der Waals surface area contributed by atoms with Crippen LogP contribution in [0.2, 0.25) is 0 Å². The molecule has 0 saturated carbocycles. The smallest absolute Gasteiger partial charge is 0.254 e. The van der Waals surface area contributed by atoms with Gasteiger partial charge >= 0.3 is 0 Å². The monoisotopic (exact) mass is 448 g/mol. The van der Waals surface area contributed by atoms with Crippen molar-refractivity contribution in [2.75, 3.05) is 34.4 Å². The summed E-state index contributed by atoms with van der Waals surface area (Å²) in [6, 6.07) is 17.0. The summed E-state index contributed by atoms with van der Waals surface area (Å²) in [7, 11) is 4.57. The van der Waals surface area contributed by atoms with E-state index in [0.29, 0.717) is 54.3 Å². The molecular formula is C26H28N2O5. The Hall–Kier alpha value is -3.74. The van der Waals surface area contributed by atoms with Crippen molar-refractivity contribution in [1.29, 1.82) is 0 Å². The minimum atomic E-state index is -0.104. The molecule has 7 nitrogen and oxygen atoms in total. The maximum Gasteiger partial charge on any atom is 0.254 e. The summed E-state index contributed by atoms with van der Waals surface area (Å²) in [4.78, 5) is 27.8. The highest BCUT2D eigenvalue weighted by atomic mass is 16.5. The van der Waals surface area contributed by atoms with Crippen LogP contribution in [0.25, 0.3) is 10.8 Å². The van der Waals surface area contributed by atoms with Crippen molar-refractivity contribution in [2.24, 2.45) is 0 Å². The van der Waals surface area contributed by atoms with Crippen molar-refractivity contribution in [3.63, 3.8) is 0 Å². The van der Waals surface area contributed by atoms with Crippen LogP contribution in [0, 0.1) is 0 Å². The van der Waals surface area contributed by atoms with Gasteiger partial charge in [-0.3, -0.25) is 9.59 Å². The fourth-order valence-electron chi connectivity index (χ4n) is 4.30. The maximum atomic E-state index is 13.1. The number of likely N-dealkylation sites (tertiary alicyclic amines) is 1. The third-order valence-corrected chi connectivity index (χ3v) is 6.06. The summed E-state index contributed by atoms with van der Waals surface area (Å²) < 4.78 is 16.1. The number of nitrogens with one attached hydrogen (secondary N) is 1. The first kappa shape index (κ1) is 22.5. The number of hydrogen-bond donors (Lipinski definition) is 1. The number of ether oxygens (including phenoxy) is 3. The molecular weight excluding hydrogens is 420 g/mol. The molecule has 1 N–H and O–H groups in total. The summed E-state index contributed by atoms with van der Waals surface area (Å²) in [5.74, 6) is 1.15. The zero-order valence-corrected chi connectivity index (χ0v) is 19.1. The topological polar surface area (TPSA) is 77.1 Å². The molecule has 0 unspecified atom stereocenters. The number of amides is 2. The maximum absolute atomic E-state index is 13.1. The number of fused-ring (bicyclic) bond motifs is 1. The second-order valence-electron chi connectivity index (χ2n) is 7.98. The molecule has 7 heteroatoms. The normalized spacial score (nSPS) is 14.1. The molecule has 2 amide bonds. The standard InChI is InChI=1S/C26H28N2O5/c1-31-22-15-18(16-23(32-2)24(22)33-3)26(30)28-13-11-19(12-14-28)27-25(29)21-10-6-8-17-7-4-5-9-20(17)21/h4-10,15-16,19H,11-14H2,1-3H3,(H,27,29).